The Morgan fingerprint density at radius 3 is 2.75 bits per heavy atom. The fourth-order valence-corrected chi connectivity index (χ4v) is 2.37. The van der Waals surface area contributed by atoms with E-state index in [0.29, 0.717) is 0 Å². The molecule has 1 aromatic carbocycles. The van der Waals surface area contributed by atoms with Gasteiger partial charge >= 0.3 is 5.97 Å². The molecule has 2 rings (SSSR count). The molecule has 1 aromatic rings. The summed E-state index contributed by atoms with van der Waals surface area (Å²) in [5, 5.41) is 6.09. The van der Waals surface area contributed by atoms with Crippen molar-refractivity contribution in [3.05, 3.63) is 35.9 Å². The van der Waals surface area contributed by atoms with E-state index in [0.717, 1.165) is 24.9 Å². The third-order valence-electron chi connectivity index (χ3n) is 3.49. The van der Waals surface area contributed by atoms with Crippen LogP contribution in [-0.2, 0) is 14.3 Å². The number of ether oxygens (including phenoxy) is 1. The van der Waals surface area contributed by atoms with Crippen LogP contribution in [0, 0.1) is 0 Å². The van der Waals surface area contributed by atoms with Crippen molar-refractivity contribution in [1.29, 1.82) is 0 Å². The highest BCUT2D eigenvalue weighted by atomic mass is 16.5. The second-order valence-corrected chi connectivity index (χ2v) is 4.90. The highest BCUT2D eigenvalue weighted by Crippen LogP contribution is 2.18. The van der Waals surface area contributed by atoms with E-state index in [-0.39, 0.29) is 30.4 Å². The standard InChI is InChI=1S/C15H20N2O3/c1-20-14(18)10-13(11-6-3-2-4-7-11)17-15(19)12-8-5-9-16-12/h2-4,6-7,12-13,16H,5,8-10H2,1H3,(H,17,19)/t12-,13-/m1/s1. The Balaban J connectivity index is 2.06. The highest BCUT2D eigenvalue weighted by Gasteiger charge is 2.26. The molecule has 0 aromatic heterocycles. The van der Waals surface area contributed by atoms with E-state index in [1.165, 1.54) is 7.11 Å². The first-order valence-electron chi connectivity index (χ1n) is 6.86. The van der Waals surface area contributed by atoms with Gasteiger partial charge in [0.2, 0.25) is 5.91 Å². The van der Waals surface area contributed by atoms with Crippen molar-refractivity contribution in [2.45, 2.75) is 31.3 Å². The monoisotopic (exact) mass is 276 g/mol. The fraction of sp³-hybridized carbons (Fsp3) is 0.467. The number of benzene rings is 1. The molecule has 0 spiro atoms. The lowest BCUT2D eigenvalue weighted by Crippen LogP contribution is -2.42. The lowest BCUT2D eigenvalue weighted by atomic mass is 10.0. The summed E-state index contributed by atoms with van der Waals surface area (Å²) in [6.07, 6.45) is 1.98. The predicted molar refractivity (Wildman–Crippen MR) is 75.0 cm³/mol. The number of nitrogens with one attached hydrogen (secondary N) is 2. The predicted octanol–water partition coefficient (Wildman–Crippen LogP) is 1.16. The van der Waals surface area contributed by atoms with E-state index in [9.17, 15) is 9.59 Å². The van der Waals surface area contributed by atoms with E-state index in [1.54, 1.807) is 0 Å². The maximum absolute atomic E-state index is 12.2. The third kappa shape index (κ3) is 3.81. The first-order chi connectivity index (χ1) is 9.70. The minimum Gasteiger partial charge on any atom is -0.469 e. The molecule has 20 heavy (non-hydrogen) atoms. The molecule has 1 aliphatic heterocycles. The van der Waals surface area contributed by atoms with Crippen molar-refractivity contribution >= 4 is 11.9 Å². The van der Waals surface area contributed by atoms with Crippen LogP contribution in [0.25, 0.3) is 0 Å². The van der Waals surface area contributed by atoms with E-state index in [1.807, 2.05) is 30.3 Å². The molecule has 0 radical (unpaired) electrons. The highest BCUT2D eigenvalue weighted by molar-refractivity contribution is 5.83. The number of methoxy groups -OCH3 is 1. The Morgan fingerprint density at radius 2 is 2.15 bits per heavy atom. The Kier molecular flexibility index (Phi) is 5.12. The summed E-state index contributed by atoms with van der Waals surface area (Å²) in [6.45, 7) is 0.866. The summed E-state index contributed by atoms with van der Waals surface area (Å²) < 4.78 is 4.70. The maximum atomic E-state index is 12.2. The molecule has 0 aliphatic carbocycles. The van der Waals surface area contributed by atoms with Crippen molar-refractivity contribution in [2.24, 2.45) is 0 Å². The van der Waals surface area contributed by atoms with Crippen LogP contribution in [-0.4, -0.2) is 31.6 Å². The molecule has 0 unspecified atom stereocenters. The average Bonchev–Trinajstić information content (AvgIpc) is 3.01. The minimum atomic E-state index is -0.349. The normalized spacial score (nSPS) is 19.4. The molecular formula is C15H20N2O3. The van der Waals surface area contributed by atoms with Crippen LogP contribution >= 0.6 is 0 Å². The zero-order valence-corrected chi connectivity index (χ0v) is 11.6. The summed E-state index contributed by atoms with van der Waals surface area (Å²) >= 11 is 0. The topological polar surface area (TPSA) is 67.4 Å². The van der Waals surface area contributed by atoms with Gasteiger partial charge in [0.05, 0.1) is 25.6 Å². The van der Waals surface area contributed by atoms with Gasteiger partial charge in [0.15, 0.2) is 0 Å². The van der Waals surface area contributed by atoms with Crippen molar-refractivity contribution in [1.82, 2.24) is 10.6 Å². The second-order valence-electron chi connectivity index (χ2n) is 4.90. The number of rotatable bonds is 5. The summed E-state index contributed by atoms with van der Waals surface area (Å²) in [5.41, 5.74) is 0.907. The number of amides is 1. The van der Waals surface area contributed by atoms with E-state index in [2.05, 4.69) is 10.6 Å². The number of hydrogen-bond donors (Lipinski definition) is 2. The van der Waals surface area contributed by atoms with Gasteiger partial charge in [-0.3, -0.25) is 9.59 Å². The van der Waals surface area contributed by atoms with Crippen LogP contribution in [0.3, 0.4) is 0 Å². The molecule has 1 heterocycles. The Hall–Kier alpha value is -1.88. The molecule has 0 saturated carbocycles. The van der Waals surface area contributed by atoms with Gasteiger partial charge in [-0.1, -0.05) is 30.3 Å². The van der Waals surface area contributed by atoms with Crippen molar-refractivity contribution in [3.8, 4) is 0 Å². The zero-order valence-electron chi connectivity index (χ0n) is 11.6. The largest absolute Gasteiger partial charge is 0.469 e. The van der Waals surface area contributed by atoms with Gasteiger partial charge in [-0.05, 0) is 24.9 Å². The molecule has 108 valence electrons. The van der Waals surface area contributed by atoms with Crippen LogP contribution in [0.2, 0.25) is 0 Å². The van der Waals surface area contributed by atoms with Crippen LogP contribution in [0.1, 0.15) is 30.9 Å². The Morgan fingerprint density at radius 1 is 1.40 bits per heavy atom. The fourth-order valence-electron chi connectivity index (χ4n) is 2.37. The molecule has 5 heteroatoms. The minimum absolute atomic E-state index is 0.0553. The quantitative estimate of drug-likeness (QED) is 0.792. The molecule has 2 N–H and O–H groups in total. The molecule has 2 atom stereocenters. The van der Waals surface area contributed by atoms with Gasteiger partial charge in [-0.15, -0.1) is 0 Å². The molecule has 0 bridgehead atoms. The van der Waals surface area contributed by atoms with Crippen LogP contribution in [0.15, 0.2) is 30.3 Å². The van der Waals surface area contributed by atoms with E-state index >= 15 is 0 Å². The van der Waals surface area contributed by atoms with Crippen molar-refractivity contribution < 1.29 is 14.3 Å². The van der Waals surface area contributed by atoms with Gasteiger partial charge in [0.25, 0.3) is 0 Å². The number of carbonyl (C=O) groups is 2. The molecule has 1 saturated heterocycles. The van der Waals surface area contributed by atoms with Crippen LogP contribution in [0.4, 0.5) is 0 Å². The third-order valence-corrected chi connectivity index (χ3v) is 3.49. The van der Waals surface area contributed by atoms with Crippen molar-refractivity contribution in [2.75, 3.05) is 13.7 Å². The second kappa shape index (κ2) is 7.05. The smallest absolute Gasteiger partial charge is 0.307 e. The molecule has 1 fully saturated rings. The summed E-state index contributed by atoms with van der Waals surface area (Å²) in [4.78, 5) is 23.7. The van der Waals surface area contributed by atoms with Crippen molar-refractivity contribution in [3.63, 3.8) is 0 Å². The Labute approximate surface area is 118 Å². The van der Waals surface area contributed by atoms with E-state index in [4.69, 9.17) is 4.74 Å². The number of hydrogen-bond acceptors (Lipinski definition) is 4. The summed E-state index contributed by atoms with van der Waals surface area (Å²) in [5.74, 6) is -0.390. The van der Waals surface area contributed by atoms with Gasteiger partial charge in [0, 0.05) is 0 Å². The van der Waals surface area contributed by atoms with Crippen LogP contribution in [0.5, 0.6) is 0 Å². The maximum Gasteiger partial charge on any atom is 0.307 e. The number of carbonyl (C=O) groups excluding carboxylic acids is 2. The zero-order chi connectivity index (χ0) is 14.4. The first-order valence-corrected chi connectivity index (χ1v) is 6.86. The molecule has 5 nitrogen and oxygen atoms in total. The van der Waals surface area contributed by atoms with Gasteiger partial charge in [-0.25, -0.2) is 0 Å². The lowest BCUT2D eigenvalue weighted by Gasteiger charge is -2.20. The molecule has 1 amide bonds. The molecule has 1 aliphatic rings. The summed E-state index contributed by atoms with van der Waals surface area (Å²) in [7, 11) is 1.35. The average molecular weight is 276 g/mol. The van der Waals surface area contributed by atoms with E-state index < -0.39 is 0 Å². The lowest BCUT2D eigenvalue weighted by molar-refractivity contribution is -0.141. The summed E-state index contributed by atoms with van der Waals surface area (Å²) in [6, 6.07) is 8.97. The van der Waals surface area contributed by atoms with Gasteiger partial charge in [-0.2, -0.15) is 0 Å². The van der Waals surface area contributed by atoms with Crippen LogP contribution < -0.4 is 10.6 Å². The van der Waals surface area contributed by atoms with Gasteiger partial charge in [0.1, 0.15) is 0 Å². The SMILES string of the molecule is COC(=O)C[C@@H](NC(=O)[C@H]1CCCN1)c1ccccc1. The Bertz CT molecular complexity index is 455. The molecular weight excluding hydrogens is 256 g/mol. The van der Waals surface area contributed by atoms with Gasteiger partial charge < -0.3 is 15.4 Å². The first kappa shape index (κ1) is 14.5. The number of esters is 1.